The molecule has 0 radical (unpaired) electrons. The van der Waals surface area contributed by atoms with Crippen molar-refractivity contribution in [2.75, 3.05) is 11.9 Å². The highest BCUT2D eigenvalue weighted by Gasteiger charge is 2.01. The first-order valence-electron chi connectivity index (χ1n) is 5.32. The van der Waals surface area contributed by atoms with Gasteiger partial charge >= 0.3 is 0 Å². The van der Waals surface area contributed by atoms with Gasteiger partial charge < -0.3 is 5.32 Å². The van der Waals surface area contributed by atoms with Crippen molar-refractivity contribution in [3.05, 3.63) is 46.4 Å². The fourth-order valence-corrected chi connectivity index (χ4v) is 1.83. The first-order chi connectivity index (χ1) is 8.16. The zero-order chi connectivity index (χ0) is 12.3. The van der Waals surface area contributed by atoms with Crippen LogP contribution in [0.2, 0.25) is 0 Å². The van der Waals surface area contributed by atoms with E-state index in [0.717, 1.165) is 24.3 Å². The summed E-state index contributed by atoms with van der Waals surface area (Å²) in [7, 11) is 1.91. The molecule has 0 fully saturated rings. The lowest BCUT2D eigenvalue weighted by molar-refractivity contribution is 0.621. The summed E-state index contributed by atoms with van der Waals surface area (Å²) in [6.45, 7) is 0.751. The minimum absolute atomic E-state index is 0.254. The molecule has 0 unspecified atom stereocenters. The quantitative estimate of drug-likeness (QED) is 0.940. The zero-order valence-corrected chi connectivity index (χ0v) is 11.0. The second-order valence-electron chi connectivity index (χ2n) is 3.75. The van der Waals surface area contributed by atoms with Crippen LogP contribution < -0.4 is 5.32 Å². The number of benzene rings is 1. The van der Waals surface area contributed by atoms with Gasteiger partial charge in [0.15, 0.2) is 0 Å². The molecule has 0 saturated heterocycles. The second kappa shape index (κ2) is 5.31. The summed E-state index contributed by atoms with van der Waals surface area (Å²) in [5.74, 6) is -0.254. The van der Waals surface area contributed by atoms with E-state index in [0.29, 0.717) is 4.47 Å². The maximum atomic E-state index is 13.2. The Morgan fingerprint density at radius 3 is 2.88 bits per heavy atom. The lowest BCUT2D eigenvalue weighted by Gasteiger charge is -2.07. The molecule has 0 spiro atoms. The highest BCUT2D eigenvalue weighted by atomic mass is 79.9. The summed E-state index contributed by atoms with van der Waals surface area (Å²) in [6.07, 6.45) is 2.63. The molecule has 1 aromatic heterocycles. The van der Waals surface area contributed by atoms with E-state index in [-0.39, 0.29) is 5.82 Å². The number of hydrogen-bond donors (Lipinski definition) is 1. The van der Waals surface area contributed by atoms with E-state index in [1.807, 2.05) is 23.9 Å². The highest BCUT2D eigenvalue weighted by Crippen LogP contribution is 2.19. The van der Waals surface area contributed by atoms with Gasteiger partial charge in [0.1, 0.15) is 5.82 Å². The van der Waals surface area contributed by atoms with Crippen LogP contribution in [-0.4, -0.2) is 16.3 Å². The number of rotatable bonds is 4. The lowest BCUT2D eigenvalue weighted by Crippen LogP contribution is -2.08. The van der Waals surface area contributed by atoms with Gasteiger partial charge in [-0.25, -0.2) is 4.39 Å². The van der Waals surface area contributed by atoms with Crippen LogP contribution in [0.3, 0.4) is 0 Å². The van der Waals surface area contributed by atoms with Gasteiger partial charge in [-0.05, 0) is 40.2 Å². The Balaban J connectivity index is 1.90. The monoisotopic (exact) mass is 297 g/mol. The van der Waals surface area contributed by atoms with Crippen molar-refractivity contribution in [2.45, 2.75) is 6.42 Å². The average Bonchev–Trinajstić information content (AvgIpc) is 2.70. The summed E-state index contributed by atoms with van der Waals surface area (Å²) < 4.78 is 15.6. The van der Waals surface area contributed by atoms with Gasteiger partial charge in [-0.3, -0.25) is 4.68 Å². The van der Waals surface area contributed by atoms with E-state index in [4.69, 9.17) is 0 Å². The molecule has 0 atom stereocenters. The number of nitrogens with one attached hydrogen (secondary N) is 1. The fraction of sp³-hybridized carbons (Fsp3) is 0.250. The molecule has 1 N–H and O–H groups in total. The minimum atomic E-state index is -0.254. The molecule has 0 saturated carbocycles. The largest absolute Gasteiger partial charge is 0.385 e. The predicted molar refractivity (Wildman–Crippen MR) is 69.5 cm³/mol. The Hall–Kier alpha value is -1.36. The number of halogens is 2. The molecule has 0 amide bonds. The number of nitrogens with zero attached hydrogens (tertiary/aromatic N) is 2. The van der Waals surface area contributed by atoms with Crippen molar-refractivity contribution >= 4 is 21.6 Å². The van der Waals surface area contributed by atoms with Gasteiger partial charge in [-0.1, -0.05) is 0 Å². The molecular formula is C12H13BrFN3. The van der Waals surface area contributed by atoms with Crippen molar-refractivity contribution < 1.29 is 4.39 Å². The van der Waals surface area contributed by atoms with E-state index >= 15 is 0 Å². The van der Waals surface area contributed by atoms with Crippen LogP contribution in [0.5, 0.6) is 0 Å². The molecule has 0 aliphatic carbocycles. The van der Waals surface area contributed by atoms with E-state index in [1.165, 1.54) is 6.07 Å². The number of aromatic nitrogens is 2. The molecule has 17 heavy (non-hydrogen) atoms. The molecule has 90 valence electrons. The Kier molecular flexibility index (Phi) is 3.78. The first-order valence-corrected chi connectivity index (χ1v) is 6.12. The smallest absolute Gasteiger partial charge is 0.139 e. The number of aryl methyl sites for hydroxylation is 1. The molecule has 1 aromatic carbocycles. The van der Waals surface area contributed by atoms with Crippen molar-refractivity contribution in [3.63, 3.8) is 0 Å². The van der Waals surface area contributed by atoms with Crippen LogP contribution in [0, 0.1) is 5.82 Å². The standard InChI is InChI=1S/C12H13BrFN3/c1-17-10(5-7-16-17)4-6-15-9-2-3-11(13)12(14)8-9/h2-3,5,7-8,15H,4,6H2,1H3. The van der Waals surface area contributed by atoms with E-state index in [9.17, 15) is 4.39 Å². The molecule has 1 heterocycles. The molecular weight excluding hydrogens is 285 g/mol. The lowest BCUT2D eigenvalue weighted by atomic mass is 10.2. The maximum Gasteiger partial charge on any atom is 0.139 e. The maximum absolute atomic E-state index is 13.2. The van der Waals surface area contributed by atoms with Crippen molar-refractivity contribution in [2.24, 2.45) is 7.05 Å². The van der Waals surface area contributed by atoms with Gasteiger partial charge in [0, 0.05) is 37.6 Å². The van der Waals surface area contributed by atoms with E-state index < -0.39 is 0 Å². The molecule has 0 bridgehead atoms. The third kappa shape index (κ3) is 3.06. The first kappa shape index (κ1) is 12.1. The van der Waals surface area contributed by atoms with Gasteiger partial charge in [-0.2, -0.15) is 5.10 Å². The van der Waals surface area contributed by atoms with Crippen LogP contribution in [0.25, 0.3) is 0 Å². The molecule has 0 aliphatic heterocycles. The third-order valence-electron chi connectivity index (χ3n) is 2.55. The van der Waals surface area contributed by atoms with Gasteiger partial charge in [0.2, 0.25) is 0 Å². The van der Waals surface area contributed by atoms with E-state index in [2.05, 4.69) is 26.3 Å². The second-order valence-corrected chi connectivity index (χ2v) is 4.61. The predicted octanol–water partition coefficient (Wildman–Crippen LogP) is 2.98. The van der Waals surface area contributed by atoms with E-state index in [1.54, 1.807) is 12.3 Å². The Bertz CT molecular complexity index is 510. The van der Waals surface area contributed by atoms with Crippen LogP contribution in [-0.2, 0) is 13.5 Å². The summed E-state index contributed by atoms with van der Waals surface area (Å²) >= 11 is 3.12. The SMILES string of the molecule is Cn1nccc1CCNc1ccc(Br)c(F)c1. The Labute approximate surface area is 108 Å². The Morgan fingerprint density at radius 1 is 1.41 bits per heavy atom. The normalized spacial score (nSPS) is 10.5. The zero-order valence-electron chi connectivity index (χ0n) is 9.45. The molecule has 5 heteroatoms. The number of anilines is 1. The summed E-state index contributed by atoms with van der Waals surface area (Å²) in [4.78, 5) is 0. The average molecular weight is 298 g/mol. The molecule has 2 rings (SSSR count). The Morgan fingerprint density at radius 2 is 2.24 bits per heavy atom. The van der Waals surface area contributed by atoms with Gasteiger partial charge in [0.25, 0.3) is 0 Å². The third-order valence-corrected chi connectivity index (χ3v) is 3.20. The van der Waals surface area contributed by atoms with Crippen LogP contribution >= 0.6 is 15.9 Å². The molecule has 2 aromatic rings. The van der Waals surface area contributed by atoms with Crippen LogP contribution in [0.4, 0.5) is 10.1 Å². The molecule has 3 nitrogen and oxygen atoms in total. The topological polar surface area (TPSA) is 29.9 Å². The van der Waals surface area contributed by atoms with Crippen molar-refractivity contribution in [1.29, 1.82) is 0 Å². The van der Waals surface area contributed by atoms with Crippen molar-refractivity contribution in [3.8, 4) is 0 Å². The van der Waals surface area contributed by atoms with Crippen molar-refractivity contribution in [1.82, 2.24) is 9.78 Å². The summed E-state index contributed by atoms with van der Waals surface area (Å²) in [5, 5.41) is 7.27. The number of hydrogen-bond acceptors (Lipinski definition) is 2. The minimum Gasteiger partial charge on any atom is -0.385 e. The highest BCUT2D eigenvalue weighted by molar-refractivity contribution is 9.10. The molecule has 0 aliphatic rings. The van der Waals surface area contributed by atoms with Crippen LogP contribution in [0.15, 0.2) is 34.9 Å². The van der Waals surface area contributed by atoms with Gasteiger partial charge in [0.05, 0.1) is 4.47 Å². The summed E-state index contributed by atoms with van der Waals surface area (Å²) in [6, 6.07) is 7.00. The fourth-order valence-electron chi connectivity index (χ4n) is 1.59. The van der Waals surface area contributed by atoms with Crippen LogP contribution in [0.1, 0.15) is 5.69 Å². The summed E-state index contributed by atoms with van der Waals surface area (Å²) in [5.41, 5.74) is 1.93. The van der Waals surface area contributed by atoms with Gasteiger partial charge in [-0.15, -0.1) is 0 Å².